The summed E-state index contributed by atoms with van der Waals surface area (Å²) >= 11 is 1.30. The average Bonchev–Trinajstić information content (AvgIpc) is 3.10. The first-order valence-electron chi connectivity index (χ1n) is 9.50. The highest BCUT2D eigenvalue weighted by molar-refractivity contribution is 7.17. The lowest BCUT2D eigenvalue weighted by atomic mass is 10.0. The molecule has 1 N–H and O–H groups in total. The number of carbonyl (C=O) groups excluding carboxylic acids is 3. The van der Waals surface area contributed by atoms with Crippen molar-refractivity contribution in [3.63, 3.8) is 0 Å². The van der Waals surface area contributed by atoms with E-state index in [1.165, 1.54) is 32.5 Å². The lowest BCUT2D eigenvalue weighted by Crippen LogP contribution is -2.34. The molecule has 0 atom stereocenters. The van der Waals surface area contributed by atoms with Crippen molar-refractivity contribution in [1.29, 1.82) is 0 Å². The van der Waals surface area contributed by atoms with Gasteiger partial charge in [0.2, 0.25) is 5.91 Å². The molecular weight excluding hydrogens is 408 g/mol. The van der Waals surface area contributed by atoms with Crippen molar-refractivity contribution in [1.82, 2.24) is 4.90 Å². The zero-order valence-electron chi connectivity index (χ0n) is 17.4. The Balaban J connectivity index is 1.94. The SMILES string of the molecule is CCOC(=O)c1c(NC(=O)c2ccc(OC)c(OC)c2)sc2c1CCN(C(C)=O)C2. The molecule has 2 aromatic rings. The second-order valence-electron chi connectivity index (χ2n) is 6.64. The van der Waals surface area contributed by atoms with E-state index in [0.29, 0.717) is 47.1 Å². The van der Waals surface area contributed by atoms with Gasteiger partial charge >= 0.3 is 5.97 Å². The van der Waals surface area contributed by atoms with E-state index in [2.05, 4.69) is 5.32 Å². The fourth-order valence-corrected chi connectivity index (χ4v) is 4.58. The number of ether oxygens (including phenoxy) is 3. The number of nitrogens with one attached hydrogen (secondary N) is 1. The molecule has 0 spiro atoms. The first-order chi connectivity index (χ1) is 14.4. The molecule has 0 bridgehead atoms. The molecule has 1 aromatic heterocycles. The molecule has 30 heavy (non-hydrogen) atoms. The molecule has 0 unspecified atom stereocenters. The monoisotopic (exact) mass is 432 g/mol. The van der Waals surface area contributed by atoms with E-state index in [1.807, 2.05) is 0 Å². The van der Waals surface area contributed by atoms with Gasteiger partial charge in [0.1, 0.15) is 5.00 Å². The Kier molecular flexibility index (Phi) is 6.61. The maximum absolute atomic E-state index is 12.9. The molecule has 0 fully saturated rings. The number of amides is 2. The number of hydrogen-bond acceptors (Lipinski definition) is 7. The van der Waals surface area contributed by atoms with Crippen LogP contribution < -0.4 is 14.8 Å². The van der Waals surface area contributed by atoms with E-state index in [9.17, 15) is 14.4 Å². The number of hydrogen-bond donors (Lipinski definition) is 1. The minimum absolute atomic E-state index is 0.0253. The van der Waals surface area contributed by atoms with Gasteiger partial charge < -0.3 is 24.4 Å². The Morgan fingerprint density at radius 2 is 1.90 bits per heavy atom. The Morgan fingerprint density at radius 1 is 1.17 bits per heavy atom. The van der Waals surface area contributed by atoms with Crippen LogP contribution in [-0.2, 0) is 22.5 Å². The highest BCUT2D eigenvalue weighted by Gasteiger charge is 2.30. The second-order valence-corrected chi connectivity index (χ2v) is 7.75. The quantitative estimate of drug-likeness (QED) is 0.705. The van der Waals surface area contributed by atoms with Gasteiger partial charge in [-0.1, -0.05) is 0 Å². The van der Waals surface area contributed by atoms with Gasteiger partial charge in [-0.3, -0.25) is 9.59 Å². The number of carbonyl (C=O) groups is 3. The van der Waals surface area contributed by atoms with Crippen LogP contribution >= 0.6 is 11.3 Å². The largest absolute Gasteiger partial charge is 0.493 e. The third-order valence-corrected chi connectivity index (χ3v) is 5.99. The van der Waals surface area contributed by atoms with E-state index in [4.69, 9.17) is 14.2 Å². The summed E-state index contributed by atoms with van der Waals surface area (Å²) in [6.07, 6.45) is 0.534. The smallest absolute Gasteiger partial charge is 0.341 e. The molecule has 0 aliphatic carbocycles. The molecule has 2 amide bonds. The molecule has 3 rings (SSSR count). The van der Waals surface area contributed by atoms with Crippen molar-refractivity contribution in [2.75, 3.05) is 32.7 Å². The van der Waals surface area contributed by atoms with Gasteiger partial charge in [0.15, 0.2) is 11.5 Å². The molecule has 1 aliphatic rings. The van der Waals surface area contributed by atoms with Crippen molar-refractivity contribution >= 4 is 34.1 Å². The maximum Gasteiger partial charge on any atom is 0.341 e. The topological polar surface area (TPSA) is 94.2 Å². The van der Waals surface area contributed by atoms with E-state index in [0.717, 1.165) is 10.4 Å². The molecule has 0 saturated heterocycles. The van der Waals surface area contributed by atoms with Crippen molar-refractivity contribution in [2.24, 2.45) is 0 Å². The first kappa shape index (κ1) is 21.6. The van der Waals surface area contributed by atoms with Crippen LogP contribution in [0.15, 0.2) is 18.2 Å². The predicted octanol–water partition coefficient (Wildman–Crippen LogP) is 3.10. The number of rotatable bonds is 6. The number of fused-ring (bicyclic) bond motifs is 1. The summed E-state index contributed by atoms with van der Waals surface area (Å²) in [6.45, 7) is 4.41. The number of benzene rings is 1. The van der Waals surface area contributed by atoms with Crippen molar-refractivity contribution in [3.8, 4) is 11.5 Å². The van der Waals surface area contributed by atoms with Crippen molar-refractivity contribution in [3.05, 3.63) is 39.8 Å². The van der Waals surface area contributed by atoms with Crippen LogP contribution in [0.25, 0.3) is 0 Å². The van der Waals surface area contributed by atoms with Crippen molar-refractivity contribution in [2.45, 2.75) is 26.8 Å². The van der Waals surface area contributed by atoms with E-state index < -0.39 is 5.97 Å². The number of methoxy groups -OCH3 is 2. The summed E-state index contributed by atoms with van der Waals surface area (Å²) in [4.78, 5) is 39.9. The third kappa shape index (κ3) is 4.25. The highest BCUT2D eigenvalue weighted by atomic mass is 32.1. The van der Waals surface area contributed by atoms with Crippen LogP contribution in [0.1, 0.15) is 45.0 Å². The Morgan fingerprint density at radius 3 is 2.53 bits per heavy atom. The summed E-state index contributed by atoms with van der Waals surface area (Å²) in [5, 5.41) is 3.26. The van der Waals surface area contributed by atoms with Crippen molar-refractivity contribution < 1.29 is 28.6 Å². The van der Waals surface area contributed by atoms with Gasteiger partial charge in [0.05, 0.1) is 32.9 Å². The van der Waals surface area contributed by atoms with Gasteiger partial charge in [-0.2, -0.15) is 0 Å². The van der Waals surface area contributed by atoms with Gasteiger partial charge in [-0.05, 0) is 37.1 Å². The summed E-state index contributed by atoms with van der Waals surface area (Å²) in [5.74, 6) is 0.0515. The Bertz CT molecular complexity index is 984. The molecule has 160 valence electrons. The maximum atomic E-state index is 12.9. The minimum atomic E-state index is -0.478. The number of anilines is 1. The average molecular weight is 432 g/mol. The predicted molar refractivity (Wildman–Crippen MR) is 113 cm³/mol. The molecule has 1 aliphatic heterocycles. The lowest BCUT2D eigenvalue weighted by Gasteiger charge is -2.25. The number of nitrogens with zero attached hydrogens (tertiary/aromatic N) is 1. The molecule has 0 radical (unpaired) electrons. The standard InChI is InChI=1S/C21H24N2O6S/c1-5-29-21(26)18-14-8-9-23(12(2)24)11-17(14)30-20(18)22-19(25)13-6-7-15(27-3)16(10-13)28-4/h6-7,10H,5,8-9,11H2,1-4H3,(H,22,25). The zero-order chi connectivity index (χ0) is 21.8. The second kappa shape index (κ2) is 9.17. The van der Waals surface area contributed by atoms with Crippen LogP contribution in [0.3, 0.4) is 0 Å². The lowest BCUT2D eigenvalue weighted by molar-refractivity contribution is -0.129. The molecule has 8 nitrogen and oxygen atoms in total. The molecule has 1 aromatic carbocycles. The normalized spacial score (nSPS) is 12.7. The van der Waals surface area contributed by atoms with Crippen LogP contribution in [0, 0.1) is 0 Å². The number of thiophene rings is 1. The summed E-state index contributed by atoms with van der Waals surface area (Å²) in [5.41, 5.74) is 1.56. The fraction of sp³-hybridized carbons (Fsp3) is 0.381. The Hall–Kier alpha value is -3.07. The zero-order valence-corrected chi connectivity index (χ0v) is 18.2. The molecular formula is C21H24N2O6S. The first-order valence-corrected chi connectivity index (χ1v) is 10.3. The van der Waals surface area contributed by atoms with Gasteiger partial charge in [0, 0.05) is 23.9 Å². The van der Waals surface area contributed by atoms with E-state index >= 15 is 0 Å². The van der Waals surface area contributed by atoms with Gasteiger partial charge in [-0.15, -0.1) is 11.3 Å². The van der Waals surface area contributed by atoms with Crippen LogP contribution in [0.4, 0.5) is 5.00 Å². The summed E-state index contributed by atoms with van der Waals surface area (Å²) in [6, 6.07) is 4.83. The van der Waals surface area contributed by atoms with E-state index in [-0.39, 0.29) is 18.4 Å². The summed E-state index contributed by atoms with van der Waals surface area (Å²) in [7, 11) is 3.01. The fourth-order valence-electron chi connectivity index (χ4n) is 3.33. The summed E-state index contributed by atoms with van der Waals surface area (Å²) < 4.78 is 15.7. The molecule has 2 heterocycles. The van der Waals surface area contributed by atoms with Gasteiger partial charge in [-0.25, -0.2) is 4.79 Å². The molecule has 9 heteroatoms. The Labute approximate surface area is 178 Å². The number of esters is 1. The highest BCUT2D eigenvalue weighted by Crippen LogP contribution is 2.38. The molecule has 0 saturated carbocycles. The van der Waals surface area contributed by atoms with Crippen LogP contribution in [0.5, 0.6) is 11.5 Å². The van der Waals surface area contributed by atoms with Crippen LogP contribution in [-0.4, -0.2) is 50.1 Å². The van der Waals surface area contributed by atoms with Gasteiger partial charge in [0.25, 0.3) is 5.91 Å². The minimum Gasteiger partial charge on any atom is -0.493 e. The van der Waals surface area contributed by atoms with Crippen LogP contribution in [0.2, 0.25) is 0 Å². The van der Waals surface area contributed by atoms with E-state index in [1.54, 1.807) is 30.0 Å². The third-order valence-electron chi connectivity index (χ3n) is 4.85.